The number of rotatable bonds is 17. The summed E-state index contributed by atoms with van der Waals surface area (Å²) in [5, 5.41) is 2.63. The Labute approximate surface area is 261 Å². The van der Waals surface area contributed by atoms with Gasteiger partial charge in [-0.2, -0.15) is 0 Å². The molecular formula is C34H48N2O8. The van der Waals surface area contributed by atoms with Crippen LogP contribution >= 0.6 is 0 Å². The third-order valence-corrected chi connectivity index (χ3v) is 7.40. The van der Waals surface area contributed by atoms with Crippen LogP contribution in [0.1, 0.15) is 64.5 Å². The molecule has 2 aromatic rings. The average Bonchev–Trinajstić information content (AvgIpc) is 3.38. The molecule has 4 atom stereocenters. The van der Waals surface area contributed by atoms with E-state index in [1.807, 2.05) is 60.7 Å². The maximum absolute atomic E-state index is 13.4. The van der Waals surface area contributed by atoms with Crippen molar-refractivity contribution >= 4 is 18.2 Å². The summed E-state index contributed by atoms with van der Waals surface area (Å²) in [6.07, 6.45) is 1.44. The number of likely N-dealkylation sites (tertiary alicyclic amines) is 1. The fourth-order valence-corrected chi connectivity index (χ4v) is 4.81. The maximum Gasteiger partial charge on any atom is 0.410 e. The van der Waals surface area contributed by atoms with E-state index in [0.717, 1.165) is 36.8 Å². The van der Waals surface area contributed by atoms with Crippen LogP contribution in [0.2, 0.25) is 0 Å². The first-order valence-corrected chi connectivity index (χ1v) is 15.7. The number of benzene rings is 2. The van der Waals surface area contributed by atoms with Gasteiger partial charge in [0.05, 0.1) is 12.6 Å². The third kappa shape index (κ3) is 11.1. The van der Waals surface area contributed by atoms with Crippen molar-refractivity contribution < 1.29 is 38.1 Å². The predicted molar refractivity (Wildman–Crippen MR) is 166 cm³/mol. The predicted octanol–water partition coefficient (Wildman–Crippen LogP) is 5.87. The van der Waals surface area contributed by atoms with Gasteiger partial charge in [-0.3, -0.25) is 4.90 Å². The lowest BCUT2D eigenvalue weighted by Crippen LogP contribution is -2.49. The van der Waals surface area contributed by atoms with Crippen LogP contribution in [-0.2, 0) is 41.7 Å². The Morgan fingerprint density at radius 1 is 0.818 bits per heavy atom. The lowest BCUT2D eigenvalue weighted by atomic mass is 10.1. The van der Waals surface area contributed by atoms with Crippen LogP contribution in [0.5, 0.6) is 0 Å². The lowest BCUT2D eigenvalue weighted by molar-refractivity contribution is -0.150. The number of carbonyl (C=O) groups is 3. The van der Waals surface area contributed by atoms with Crippen molar-refractivity contribution in [1.29, 1.82) is 0 Å². The molecule has 1 aliphatic rings. The summed E-state index contributed by atoms with van der Waals surface area (Å²) in [4.78, 5) is 40.8. The Balaban J connectivity index is 1.70. The van der Waals surface area contributed by atoms with E-state index in [2.05, 4.69) is 19.2 Å². The summed E-state index contributed by atoms with van der Waals surface area (Å²) in [7, 11) is 0. The average molecular weight is 613 g/mol. The van der Waals surface area contributed by atoms with Crippen molar-refractivity contribution in [1.82, 2.24) is 10.2 Å². The van der Waals surface area contributed by atoms with Crippen molar-refractivity contribution in [2.75, 3.05) is 26.4 Å². The summed E-state index contributed by atoms with van der Waals surface area (Å²) in [5.41, 5.74) is 1.69. The second-order valence-corrected chi connectivity index (χ2v) is 11.3. The molecule has 0 saturated carbocycles. The minimum atomic E-state index is -0.950. The largest absolute Gasteiger partial charge is 0.462 e. The van der Waals surface area contributed by atoms with Gasteiger partial charge in [-0.1, -0.05) is 101 Å². The smallest absolute Gasteiger partial charge is 0.410 e. The highest BCUT2D eigenvalue weighted by molar-refractivity contribution is 5.81. The minimum Gasteiger partial charge on any atom is -0.462 e. The second-order valence-electron chi connectivity index (χ2n) is 11.3. The van der Waals surface area contributed by atoms with Crippen LogP contribution in [0.3, 0.4) is 0 Å². The van der Waals surface area contributed by atoms with Gasteiger partial charge in [0.2, 0.25) is 0 Å². The van der Waals surface area contributed by atoms with Gasteiger partial charge in [0, 0.05) is 13.2 Å². The minimum absolute atomic E-state index is 0.0743. The van der Waals surface area contributed by atoms with Crippen LogP contribution in [0.25, 0.3) is 0 Å². The van der Waals surface area contributed by atoms with Gasteiger partial charge in [0.1, 0.15) is 38.1 Å². The highest BCUT2D eigenvalue weighted by Crippen LogP contribution is 2.27. The van der Waals surface area contributed by atoms with E-state index in [-0.39, 0.29) is 32.3 Å². The summed E-state index contributed by atoms with van der Waals surface area (Å²) in [6.45, 7) is 9.06. The molecule has 10 nitrogen and oxygen atoms in total. The molecule has 1 unspecified atom stereocenters. The fraction of sp³-hybridized carbons (Fsp3) is 0.559. The molecule has 0 radical (unpaired) electrons. The summed E-state index contributed by atoms with van der Waals surface area (Å²) < 4.78 is 29.2. The maximum atomic E-state index is 13.4. The van der Waals surface area contributed by atoms with E-state index in [9.17, 15) is 14.4 Å². The van der Waals surface area contributed by atoms with Crippen molar-refractivity contribution in [2.24, 2.45) is 5.92 Å². The molecule has 1 fully saturated rings. The van der Waals surface area contributed by atoms with E-state index in [1.165, 1.54) is 4.90 Å². The molecule has 10 heteroatoms. The third-order valence-electron chi connectivity index (χ3n) is 7.40. The zero-order chi connectivity index (χ0) is 31.7. The van der Waals surface area contributed by atoms with Gasteiger partial charge in [0.15, 0.2) is 0 Å². The Morgan fingerprint density at radius 2 is 1.39 bits per heavy atom. The molecular weight excluding hydrogens is 564 g/mol. The number of esters is 1. The van der Waals surface area contributed by atoms with Gasteiger partial charge in [-0.15, -0.1) is 0 Å². The highest BCUT2D eigenvalue weighted by Gasteiger charge is 2.47. The molecule has 1 N–H and O–H groups in total. The molecule has 0 bridgehead atoms. The van der Waals surface area contributed by atoms with Crippen molar-refractivity contribution in [3.05, 3.63) is 71.8 Å². The number of hydrogen-bond donors (Lipinski definition) is 1. The first kappa shape index (κ1) is 34.9. The molecule has 0 spiro atoms. The van der Waals surface area contributed by atoms with Gasteiger partial charge < -0.3 is 29.0 Å². The summed E-state index contributed by atoms with van der Waals surface area (Å²) >= 11 is 0. The van der Waals surface area contributed by atoms with Crippen molar-refractivity contribution in [3.8, 4) is 0 Å². The highest BCUT2D eigenvalue weighted by atomic mass is 16.6. The molecule has 3 rings (SSSR count). The lowest BCUT2D eigenvalue weighted by Gasteiger charge is -2.29. The molecule has 1 saturated heterocycles. The van der Waals surface area contributed by atoms with Crippen molar-refractivity contribution in [2.45, 2.75) is 90.9 Å². The topological polar surface area (TPSA) is 113 Å². The molecule has 0 aliphatic carbocycles. The summed E-state index contributed by atoms with van der Waals surface area (Å²) in [6, 6.07) is 17.1. The van der Waals surface area contributed by atoms with Crippen molar-refractivity contribution in [3.63, 3.8) is 0 Å². The molecule has 2 aromatic carbocycles. The zero-order valence-electron chi connectivity index (χ0n) is 26.4. The fourth-order valence-electron chi connectivity index (χ4n) is 4.81. The molecule has 0 aromatic heterocycles. The molecule has 1 aliphatic heterocycles. The van der Waals surface area contributed by atoms with Crippen LogP contribution in [0.4, 0.5) is 9.59 Å². The Hall–Kier alpha value is -3.63. The van der Waals surface area contributed by atoms with Gasteiger partial charge in [-0.25, -0.2) is 14.4 Å². The van der Waals surface area contributed by atoms with E-state index < -0.39 is 42.4 Å². The standard InChI is InChI=1S/C34H48N2O8/c1-5-7-19-40-29-21-36(34(39)44-23-27-17-13-10-14-18-27)28(31(29)41-20-8-6-2)24-42-32(37)30(25(3)4)35-33(38)43-22-26-15-11-9-12-16-26/h9-18,25,28-31H,5-8,19-24H2,1-4H3,(H,35,38)/t28-,29+,30?,31-/m1/s1. The summed E-state index contributed by atoms with van der Waals surface area (Å²) in [5.74, 6) is -0.902. The number of nitrogens with one attached hydrogen (secondary N) is 1. The first-order chi connectivity index (χ1) is 21.3. The molecule has 1 heterocycles. The number of hydrogen-bond acceptors (Lipinski definition) is 8. The number of nitrogens with zero attached hydrogens (tertiary/aromatic N) is 1. The van der Waals surface area contributed by atoms with E-state index in [4.69, 9.17) is 23.7 Å². The van der Waals surface area contributed by atoms with Gasteiger partial charge in [-0.05, 0) is 29.9 Å². The normalized spacial score (nSPS) is 18.6. The molecule has 2 amide bonds. The Bertz CT molecular complexity index is 1130. The van der Waals surface area contributed by atoms with Gasteiger partial charge in [0.25, 0.3) is 0 Å². The van der Waals surface area contributed by atoms with Crippen LogP contribution in [0.15, 0.2) is 60.7 Å². The van der Waals surface area contributed by atoms with E-state index in [0.29, 0.717) is 13.2 Å². The molecule has 44 heavy (non-hydrogen) atoms. The van der Waals surface area contributed by atoms with Crippen LogP contribution < -0.4 is 5.32 Å². The quantitative estimate of drug-likeness (QED) is 0.134. The number of amides is 2. The number of alkyl carbamates (subject to hydrolysis) is 1. The molecule has 242 valence electrons. The Kier molecular flexibility index (Phi) is 15.0. The SMILES string of the molecule is CCCCO[C@H]1[C@@H](OCCCC)CN(C(=O)OCc2ccccc2)[C@@H]1COC(=O)C(NC(=O)OCc1ccccc1)C(C)C. The van der Waals surface area contributed by atoms with Crippen LogP contribution in [0, 0.1) is 5.92 Å². The monoisotopic (exact) mass is 612 g/mol. The second kappa shape index (κ2) is 18.9. The number of carbonyl (C=O) groups excluding carboxylic acids is 3. The Morgan fingerprint density at radius 3 is 1.95 bits per heavy atom. The zero-order valence-corrected chi connectivity index (χ0v) is 26.4. The van der Waals surface area contributed by atoms with E-state index >= 15 is 0 Å². The number of unbranched alkanes of at least 4 members (excludes halogenated alkanes) is 2. The van der Waals surface area contributed by atoms with Gasteiger partial charge >= 0.3 is 18.2 Å². The van der Waals surface area contributed by atoms with Crippen LogP contribution in [-0.4, -0.2) is 73.7 Å². The van der Waals surface area contributed by atoms with E-state index in [1.54, 1.807) is 13.8 Å². The first-order valence-electron chi connectivity index (χ1n) is 15.7. The number of ether oxygens (including phenoxy) is 5.